The molecule has 1 fully saturated rings. The van der Waals surface area contributed by atoms with E-state index >= 15 is 0 Å². The molecule has 8 heteroatoms. The molecule has 1 aliphatic rings. The molecule has 0 aliphatic carbocycles. The molecule has 0 aromatic heterocycles. The van der Waals surface area contributed by atoms with E-state index in [4.69, 9.17) is 21.1 Å². The number of rotatable bonds is 6. The summed E-state index contributed by atoms with van der Waals surface area (Å²) in [6.45, 7) is -0.259. The summed E-state index contributed by atoms with van der Waals surface area (Å²) in [5, 5.41) is 2.96. The van der Waals surface area contributed by atoms with Gasteiger partial charge in [0.25, 0.3) is 5.91 Å². The van der Waals surface area contributed by atoms with E-state index in [0.29, 0.717) is 22.1 Å². The second-order valence-corrected chi connectivity index (χ2v) is 6.65. The van der Waals surface area contributed by atoms with E-state index in [2.05, 4.69) is 5.32 Å². The lowest BCUT2D eigenvalue weighted by molar-refractivity contribution is -0.151. The molecule has 1 aliphatic heterocycles. The maximum Gasteiger partial charge on any atom is 0.311 e. The summed E-state index contributed by atoms with van der Waals surface area (Å²) in [5.41, 5.74) is 1.08. The van der Waals surface area contributed by atoms with Crippen molar-refractivity contribution in [2.45, 2.75) is 6.42 Å². The quantitative estimate of drug-likeness (QED) is 0.751. The summed E-state index contributed by atoms with van der Waals surface area (Å²) < 4.78 is 10.2. The van der Waals surface area contributed by atoms with Crippen molar-refractivity contribution >= 4 is 40.8 Å². The number of esters is 1. The normalized spacial score (nSPS) is 16.0. The lowest BCUT2D eigenvalue weighted by Gasteiger charge is -2.17. The van der Waals surface area contributed by atoms with E-state index in [1.807, 2.05) is 0 Å². The molecule has 146 valence electrons. The molecule has 0 radical (unpaired) electrons. The fraction of sp³-hybridized carbons (Fsp3) is 0.250. The van der Waals surface area contributed by atoms with E-state index in [1.54, 1.807) is 55.6 Å². The molecule has 1 heterocycles. The van der Waals surface area contributed by atoms with Crippen molar-refractivity contribution in [2.75, 3.05) is 30.5 Å². The van der Waals surface area contributed by atoms with Crippen LogP contribution in [0.4, 0.5) is 11.4 Å². The second-order valence-electron chi connectivity index (χ2n) is 6.24. The highest BCUT2D eigenvalue weighted by Crippen LogP contribution is 2.28. The molecule has 28 heavy (non-hydrogen) atoms. The molecule has 0 unspecified atom stereocenters. The van der Waals surface area contributed by atoms with Gasteiger partial charge in [-0.05, 0) is 24.3 Å². The van der Waals surface area contributed by atoms with Crippen LogP contribution in [-0.2, 0) is 19.1 Å². The van der Waals surface area contributed by atoms with Crippen LogP contribution >= 0.6 is 11.6 Å². The minimum Gasteiger partial charge on any atom is -0.497 e. The summed E-state index contributed by atoms with van der Waals surface area (Å²) in [4.78, 5) is 38.1. The van der Waals surface area contributed by atoms with Crippen LogP contribution in [0.1, 0.15) is 6.42 Å². The molecular weight excluding hydrogens is 384 g/mol. The minimum absolute atomic E-state index is 0.0299. The zero-order valence-electron chi connectivity index (χ0n) is 15.2. The zero-order valence-corrected chi connectivity index (χ0v) is 15.9. The van der Waals surface area contributed by atoms with Gasteiger partial charge >= 0.3 is 5.97 Å². The van der Waals surface area contributed by atoms with Crippen LogP contribution in [0, 0.1) is 5.92 Å². The maximum absolute atomic E-state index is 12.3. The van der Waals surface area contributed by atoms with Crippen LogP contribution in [0.5, 0.6) is 5.75 Å². The first-order chi connectivity index (χ1) is 13.5. The number of methoxy groups -OCH3 is 1. The summed E-state index contributed by atoms with van der Waals surface area (Å²) in [7, 11) is 1.54. The molecule has 0 saturated carbocycles. The Labute approximate surface area is 167 Å². The number of ether oxygens (including phenoxy) is 2. The predicted octanol–water partition coefficient (Wildman–Crippen LogP) is 2.88. The highest BCUT2D eigenvalue weighted by molar-refractivity contribution is 6.33. The average Bonchev–Trinajstić information content (AvgIpc) is 3.10. The highest BCUT2D eigenvalue weighted by Gasteiger charge is 2.36. The average molecular weight is 403 g/mol. The summed E-state index contributed by atoms with van der Waals surface area (Å²) in [6, 6.07) is 13.8. The molecule has 2 aromatic rings. The highest BCUT2D eigenvalue weighted by atomic mass is 35.5. The van der Waals surface area contributed by atoms with Crippen molar-refractivity contribution in [3.8, 4) is 5.75 Å². The Hall–Kier alpha value is -3.06. The standard InChI is InChI=1S/C20H19ClN2O5/c1-27-15-6-4-5-14(10-15)23-11-13(9-19(23)25)20(26)28-12-18(24)22-17-8-3-2-7-16(17)21/h2-8,10,13H,9,11-12H2,1H3,(H,22,24)/t13-/m1/s1. The van der Waals surface area contributed by atoms with E-state index in [0.717, 1.165) is 0 Å². The maximum atomic E-state index is 12.3. The van der Waals surface area contributed by atoms with Gasteiger partial charge in [-0.2, -0.15) is 0 Å². The topological polar surface area (TPSA) is 84.9 Å². The van der Waals surface area contributed by atoms with Crippen LogP contribution in [0.25, 0.3) is 0 Å². The van der Waals surface area contributed by atoms with Crippen LogP contribution < -0.4 is 15.0 Å². The van der Waals surface area contributed by atoms with Gasteiger partial charge in [-0.15, -0.1) is 0 Å². The number of anilines is 2. The van der Waals surface area contributed by atoms with Gasteiger partial charge < -0.3 is 19.7 Å². The number of para-hydroxylation sites is 1. The minimum atomic E-state index is -0.633. The smallest absolute Gasteiger partial charge is 0.311 e. The Bertz CT molecular complexity index is 902. The molecule has 2 amide bonds. The molecule has 2 aromatic carbocycles. The third kappa shape index (κ3) is 4.61. The first-order valence-electron chi connectivity index (χ1n) is 8.63. The van der Waals surface area contributed by atoms with Crippen molar-refractivity contribution in [3.05, 3.63) is 53.6 Å². The first-order valence-corrected chi connectivity index (χ1v) is 9.01. The third-order valence-electron chi connectivity index (χ3n) is 4.32. The summed E-state index contributed by atoms with van der Waals surface area (Å²) in [6.07, 6.45) is 0.0299. The molecule has 0 spiro atoms. The molecule has 1 N–H and O–H groups in total. The van der Waals surface area contributed by atoms with Crippen LogP contribution in [0.3, 0.4) is 0 Å². The number of nitrogens with one attached hydrogen (secondary N) is 1. The summed E-state index contributed by atoms with van der Waals surface area (Å²) >= 11 is 5.97. The van der Waals surface area contributed by atoms with Crippen molar-refractivity contribution in [3.63, 3.8) is 0 Å². The van der Waals surface area contributed by atoms with E-state index in [1.165, 1.54) is 4.90 Å². The van der Waals surface area contributed by atoms with Crippen LogP contribution in [0.2, 0.25) is 5.02 Å². The number of hydrogen-bond donors (Lipinski definition) is 1. The van der Waals surface area contributed by atoms with E-state index < -0.39 is 24.4 Å². The van der Waals surface area contributed by atoms with Gasteiger partial charge in [-0.25, -0.2) is 0 Å². The first kappa shape index (κ1) is 19.7. The van der Waals surface area contributed by atoms with E-state index in [-0.39, 0.29) is 18.9 Å². The molecule has 0 bridgehead atoms. The van der Waals surface area contributed by atoms with E-state index in [9.17, 15) is 14.4 Å². The number of carbonyl (C=O) groups excluding carboxylic acids is 3. The fourth-order valence-electron chi connectivity index (χ4n) is 2.90. The van der Waals surface area contributed by atoms with Gasteiger partial charge in [0.2, 0.25) is 5.91 Å². The largest absolute Gasteiger partial charge is 0.497 e. The van der Waals surface area contributed by atoms with Gasteiger partial charge in [0.1, 0.15) is 5.75 Å². The third-order valence-corrected chi connectivity index (χ3v) is 4.65. The Kier molecular flexibility index (Phi) is 6.16. The second kappa shape index (κ2) is 8.75. The molecule has 7 nitrogen and oxygen atoms in total. The lowest BCUT2D eigenvalue weighted by Crippen LogP contribution is -2.28. The SMILES string of the molecule is COc1cccc(N2C[C@H](C(=O)OCC(=O)Nc3ccccc3Cl)CC2=O)c1. The molecule has 1 saturated heterocycles. The Morgan fingerprint density at radius 2 is 2.00 bits per heavy atom. The number of halogens is 1. The predicted molar refractivity (Wildman–Crippen MR) is 104 cm³/mol. The van der Waals surface area contributed by atoms with Gasteiger partial charge in [-0.1, -0.05) is 29.8 Å². The monoisotopic (exact) mass is 402 g/mol. The molecular formula is C20H19ClN2O5. The Morgan fingerprint density at radius 1 is 1.21 bits per heavy atom. The van der Waals surface area contributed by atoms with Crippen LogP contribution in [-0.4, -0.2) is 38.0 Å². The van der Waals surface area contributed by atoms with Gasteiger partial charge in [0, 0.05) is 24.7 Å². The number of carbonyl (C=O) groups is 3. The van der Waals surface area contributed by atoms with Crippen LogP contribution in [0.15, 0.2) is 48.5 Å². The zero-order chi connectivity index (χ0) is 20.1. The van der Waals surface area contributed by atoms with Crippen molar-refractivity contribution in [1.82, 2.24) is 0 Å². The van der Waals surface area contributed by atoms with Gasteiger partial charge in [-0.3, -0.25) is 14.4 Å². The number of nitrogens with zero attached hydrogens (tertiary/aromatic N) is 1. The van der Waals surface area contributed by atoms with Crippen molar-refractivity contribution in [1.29, 1.82) is 0 Å². The lowest BCUT2D eigenvalue weighted by atomic mass is 10.1. The van der Waals surface area contributed by atoms with Gasteiger partial charge in [0.05, 0.1) is 23.7 Å². The summed E-state index contributed by atoms with van der Waals surface area (Å²) in [5.74, 6) is -1.29. The van der Waals surface area contributed by atoms with Gasteiger partial charge in [0.15, 0.2) is 6.61 Å². The molecule has 3 rings (SSSR count). The van der Waals surface area contributed by atoms with Crippen molar-refractivity contribution < 1.29 is 23.9 Å². The number of hydrogen-bond acceptors (Lipinski definition) is 5. The number of benzene rings is 2. The molecule has 1 atom stereocenters. The Morgan fingerprint density at radius 3 is 2.75 bits per heavy atom. The number of amides is 2. The Balaban J connectivity index is 1.54. The fourth-order valence-corrected chi connectivity index (χ4v) is 3.08. The van der Waals surface area contributed by atoms with Crippen molar-refractivity contribution in [2.24, 2.45) is 5.92 Å².